The average Bonchev–Trinajstić information content (AvgIpc) is 2.66. The largest absolute Gasteiger partial charge is 0.356 e. The minimum absolute atomic E-state index is 0. The Morgan fingerprint density at radius 2 is 2.31 bits per heavy atom. The molecule has 0 bridgehead atoms. The van der Waals surface area contributed by atoms with Gasteiger partial charge in [-0.3, -0.25) is 15.0 Å². The van der Waals surface area contributed by atoms with E-state index in [4.69, 9.17) is 0 Å². The lowest BCUT2D eigenvalue weighted by atomic mass is 10.3. The molecule has 0 fully saturated rings. The van der Waals surface area contributed by atoms with Crippen LogP contribution in [0.5, 0.6) is 0 Å². The summed E-state index contributed by atoms with van der Waals surface area (Å²) in [7, 11) is 2.04. The van der Waals surface area contributed by atoms with Crippen LogP contribution in [-0.2, 0) is 6.42 Å². The molecule has 0 unspecified atom stereocenters. The van der Waals surface area contributed by atoms with Gasteiger partial charge in [0.25, 0.3) is 0 Å². The predicted octanol–water partition coefficient (Wildman–Crippen LogP) is 0.528. The van der Waals surface area contributed by atoms with Gasteiger partial charge in [0, 0.05) is 45.1 Å². The number of aromatic nitrogens is 2. The zero-order chi connectivity index (χ0) is 10.5. The van der Waals surface area contributed by atoms with E-state index in [1.165, 1.54) is 0 Å². The van der Waals surface area contributed by atoms with Crippen molar-refractivity contribution in [1.29, 1.82) is 0 Å². The third kappa shape index (κ3) is 3.58. The highest BCUT2D eigenvalue weighted by molar-refractivity contribution is 14.0. The fraction of sp³-hybridized carbons (Fsp3) is 0.500. The van der Waals surface area contributed by atoms with Crippen molar-refractivity contribution in [2.24, 2.45) is 4.99 Å². The SMILES string of the molecule is CN1CCN=C1NCCc1cnccn1.I. The van der Waals surface area contributed by atoms with Crippen LogP contribution in [-0.4, -0.2) is 47.5 Å². The molecule has 88 valence electrons. The van der Waals surface area contributed by atoms with Crippen molar-refractivity contribution < 1.29 is 0 Å². The standard InChI is InChI=1S/C10H15N5.HI/c1-15-7-6-14-10(15)13-3-2-9-8-11-4-5-12-9;/h4-5,8H,2-3,6-7H2,1H3,(H,13,14);1H. The van der Waals surface area contributed by atoms with Crippen molar-refractivity contribution in [3.05, 3.63) is 24.3 Å². The first-order valence-corrected chi connectivity index (χ1v) is 5.10. The van der Waals surface area contributed by atoms with Crippen LogP contribution >= 0.6 is 24.0 Å². The van der Waals surface area contributed by atoms with Crippen LogP contribution in [0.25, 0.3) is 0 Å². The van der Waals surface area contributed by atoms with Crippen molar-refractivity contribution in [3.8, 4) is 0 Å². The Balaban J connectivity index is 0.00000128. The van der Waals surface area contributed by atoms with Crippen molar-refractivity contribution >= 4 is 29.9 Å². The summed E-state index contributed by atoms with van der Waals surface area (Å²) in [5.41, 5.74) is 1.01. The van der Waals surface area contributed by atoms with Crippen LogP contribution < -0.4 is 5.32 Å². The number of likely N-dealkylation sites (N-methyl/N-ethyl adjacent to an activating group) is 1. The van der Waals surface area contributed by atoms with E-state index in [0.29, 0.717) is 0 Å². The van der Waals surface area contributed by atoms with Gasteiger partial charge in [-0.05, 0) is 0 Å². The Morgan fingerprint density at radius 3 is 2.94 bits per heavy atom. The Bertz CT molecular complexity index is 340. The molecular formula is C10H16IN5. The molecule has 0 aromatic carbocycles. The van der Waals surface area contributed by atoms with Crippen LogP contribution in [0.15, 0.2) is 23.6 Å². The first-order chi connectivity index (χ1) is 7.36. The first-order valence-electron chi connectivity index (χ1n) is 5.10. The second-order valence-electron chi connectivity index (χ2n) is 3.50. The summed E-state index contributed by atoms with van der Waals surface area (Å²) >= 11 is 0. The van der Waals surface area contributed by atoms with E-state index in [-0.39, 0.29) is 24.0 Å². The highest BCUT2D eigenvalue weighted by atomic mass is 127. The molecule has 1 aliphatic heterocycles. The number of nitrogens with zero attached hydrogens (tertiary/aromatic N) is 4. The van der Waals surface area contributed by atoms with Gasteiger partial charge >= 0.3 is 0 Å². The minimum atomic E-state index is 0. The molecule has 1 N–H and O–H groups in total. The molecule has 0 aliphatic carbocycles. The number of hydrogen-bond acceptors (Lipinski definition) is 5. The molecule has 0 saturated heterocycles. The number of hydrogen-bond donors (Lipinski definition) is 1. The summed E-state index contributed by atoms with van der Waals surface area (Å²) < 4.78 is 0. The topological polar surface area (TPSA) is 53.4 Å². The first kappa shape index (κ1) is 13.1. The van der Waals surface area contributed by atoms with Crippen LogP contribution in [0.4, 0.5) is 0 Å². The molecule has 6 heteroatoms. The zero-order valence-corrected chi connectivity index (χ0v) is 11.6. The van der Waals surface area contributed by atoms with Gasteiger partial charge in [-0.2, -0.15) is 0 Å². The maximum atomic E-state index is 4.34. The number of halogens is 1. The van der Waals surface area contributed by atoms with E-state index in [0.717, 1.165) is 37.7 Å². The van der Waals surface area contributed by atoms with Crippen LogP contribution in [0, 0.1) is 0 Å². The van der Waals surface area contributed by atoms with Gasteiger partial charge in [0.15, 0.2) is 5.96 Å². The van der Waals surface area contributed by atoms with Gasteiger partial charge in [0.05, 0.1) is 12.2 Å². The van der Waals surface area contributed by atoms with Crippen molar-refractivity contribution in [3.63, 3.8) is 0 Å². The number of nitrogens with one attached hydrogen (secondary N) is 1. The van der Waals surface area contributed by atoms with Gasteiger partial charge < -0.3 is 10.2 Å². The smallest absolute Gasteiger partial charge is 0.193 e. The van der Waals surface area contributed by atoms with Crippen molar-refractivity contribution in [2.75, 3.05) is 26.7 Å². The number of aliphatic imine (C=N–C) groups is 1. The fourth-order valence-corrected chi connectivity index (χ4v) is 1.48. The summed E-state index contributed by atoms with van der Waals surface area (Å²) in [5.74, 6) is 0.985. The van der Waals surface area contributed by atoms with Crippen molar-refractivity contribution in [1.82, 2.24) is 20.2 Å². The molecule has 0 saturated carbocycles. The molecule has 5 nitrogen and oxygen atoms in total. The quantitative estimate of drug-likeness (QED) is 0.820. The number of rotatable bonds is 3. The van der Waals surface area contributed by atoms with E-state index in [9.17, 15) is 0 Å². The molecule has 0 spiro atoms. The molecule has 16 heavy (non-hydrogen) atoms. The van der Waals surface area contributed by atoms with E-state index in [2.05, 4.69) is 25.2 Å². The average molecular weight is 333 g/mol. The summed E-state index contributed by atoms with van der Waals surface area (Å²) in [6.45, 7) is 2.75. The van der Waals surface area contributed by atoms with Gasteiger partial charge in [-0.25, -0.2) is 0 Å². The molecule has 1 aromatic rings. The summed E-state index contributed by atoms with van der Waals surface area (Å²) in [6, 6.07) is 0. The second kappa shape index (κ2) is 6.62. The molecule has 2 rings (SSSR count). The molecule has 0 atom stereocenters. The highest BCUT2D eigenvalue weighted by Crippen LogP contribution is 1.95. The molecule has 2 heterocycles. The number of guanidine groups is 1. The summed E-state index contributed by atoms with van der Waals surface area (Å²) in [6.07, 6.45) is 6.07. The van der Waals surface area contributed by atoms with Gasteiger partial charge in [-0.1, -0.05) is 0 Å². The molecule has 0 radical (unpaired) electrons. The minimum Gasteiger partial charge on any atom is -0.356 e. The van der Waals surface area contributed by atoms with Gasteiger partial charge in [0.2, 0.25) is 0 Å². The molecule has 1 aliphatic rings. The fourth-order valence-electron chi connectivity index (χ4n) is 1.48. The van der Waals surface area contributed by atoms with Gasteiger partial charge in [0.1, 0.15) is 0 Å². The summed E-state index contributed by atoms with van der Waals surface area (Å²) in [4.78, 5) is 14.7. The lowest BCUT2D eigenvalue weighted by molar-refractivity contribution is 0.534. The lowest BCUT2D eigenvalue weighted by Gasteiger charge is -2.14. The Kier molecular flexibility index (Phi) is 5.44. The molecule has 1 aromatic heterocycles. The third-order valence-electron chi connectivity index (χ3n) is 2.34. The van der Waals surface area contributed by atoms with Crippen LogP contribution in [0.1, 0.15) is 5.69 Å². The molecular weight excluding hydrogens is 317 g/mol. The van der Waals surface area contributed by atoms with Crippen LogP contribution in [0.3, 0.4) is 0 Å². The second-order valence-corrected chi connectivity index (χ2v) is 3.50. The summed E-state index contributed by atoms with van der Waals surface area (Å²) in [5, 5.41) is 3.29. The van der Waals surface area contributed by atoms with E-state index < -0.39 is 0 Å². The van der Waals surface area contributed by atoms with E-state index >= 15 is 0 Å². The Hall–Kier alpha value is -0.920. The Labute approximate surface area is 112 Å². The highest BCUT2D eigenvalue weighted by Gasteiger charge is 2.10. The van der Waals surface area contributed by atoms with E-state index in [1.54, 1.807) is 18.6 Å². The maximum absolute atomic E-state index is 4.34. The van der Waals surface area contributed by atoms with Crippen LogP contribution in [0.2, 0.25) is 0 Å². The van der Waals surface area contributed by atoms with E-state index in [1.807, 2.05) is 7.05 Å². The zero-order valence-electron chi connectivity index (χ0n) is 9.26. The maximum Gasteiger partial charge on any atom is 0.193 e. The normalized spacial score (nSPS) is 14.3. The lowest BCUT2D eigenvalue weighted by Crippen LogP contribution is -2.36. The monoisotopic (exact) mass is 333 g/mol. The Morgan fingerprint density at radius 1 is 1.44 bits per heavy atom. The third-order valence-corrected chi connectivity index (χ3v) is 2.34. The van der Waals surface area contributed by atoms with Gasteiger partial charge in [-0.15, -0.1) is 24.0 Å². The van der Waals surface area contributed by atoms with Crippen molar-refractivity contribution in [2.45, 2.75) is 6.42 Å². The predicted molar refractivity (Wildman–Crippen MR) is 74.1 cm³/mol. The molecule has 0 amide bonds.